The summed E-state index contributed by atoms with van der Waals surface area (Å²) in [6, 6.07) is 10.4. The molecule has 0 aromatic heterocycles. The molecule has 2 unspecified atom stereocenters. The van der Waals surface area contributed by atoms with E-state index in [1.54, 1.807) is 12.1 Å². The molecule has 116 valence electrons. The van der Waals surface area contributed by atoms with E-state index in [9.17, 15) is 4.79 Å². The molecule has 1 amide bonds. The number of nitriles is 1. The van der Waals surface area contributed by atoms with Crippen molar-refractivity contribution in [2.24, 2.45) is 0 Å². The quantitative estimate of drug-likeness (QED) is 0.859. The first kappa shape index (κ1) is 15.1. The number of rotatable bonds is 3. The van der Waals surface area contributed by atoms with Crippen molar-refractivity contribution in [1.29, 1.82) is 5.26 Å². The van der Waals surface area contributed by atoms with Gasteiger partial charge in [-0.15, -0.1) is 0 Å². The van der Waals surface area contributed by atoms with Crippen molar-refractivity contribution in [1.82, 2.24) is 9.80 Å². The van der Waals surface area contributed by atoms with Gasteiger partial charge >= 0.3 is 0 Å². The fourth-order valence-corrected chi connectivity index (χ4v) is 3.90. The van der Waals surface area contributed by atoms with Gasteiger partial charge < -0.3 is 9.80 Å². The third kappa shape index (κ3) is 3.00. The van der Waals surface area contributed by atoms with Gasteiger partial charge in [-0.05, 0) is 57.0 Å². The normalized spacial score (nSPS) is 25.4. The number of hydrogen-bond acceptors (Lipinski definition) is 3. The SMILES string of the molecule is CN1CCCC1C1CCCN1C(=O)Cc1ccc(C#N)cc1. The molecule has 2 heterocycles. The van der Waals surface area contributed by atoms with Gasteiger partial charge in [-0.1, -0.05) is 12.1 Å². The highest BCUT2D eigenvalue weighted by Gasteiger charge is 2.38. The van der Waals surface area contributed by atoms with E-state index in [0.717, 1.165) is 31.5 Å². The molecule has 0 bridgehead atoms. The zero-order valence-electron chi connectivity index (χ0n) is 13.2. The second-order valence-electron chi connectivity index (χ2n) is 6.47. The van der Waals surface area contributed by atoms with Gasteiger partial charge in [0.25, 0.3) is 0 Å². The Bertz CT molecular complexity index is 575. The van der Waals surface area contributed by atoms with E-state index in [1.165, 1.54) is 12.8 Å². The van der Waals surface area contributed by atoms with Crippen molar-refractivity contribution < 1.29 is 4.79 Å². The molecule has 22 heavy (non-hydrogen) atoms. The van der Waals surface area contributed by atoms with Crippen LogP contribution in [0.25, 0.3) is 0 Å². The molecule has 3 rings (SSSR count). The van der Waals surface area contributed by atoms with Gasteiger partial charge in [0.05, 0.1) is 18.1 Å². The summed E-state index contributed by atoms with van der Waals surface area (Å²) in [6.07, 6.45) is 5.15. The molecule has 0 N–H and O–H groups in total. The summed E-state index contributed by atoms with van der Waals surface area (Å²) in [5, 5.41) is 8.83. The van der Waals surface area contributed by atoms with Crippen LogP contribution in [0.4, 0.5) is 0 Å². The summed E-state index contributed by atoms with van der Waals surface area (Å²) in [5.41, 5.74) is 1.64. The topological polar surface area (TPSA) is 47.3 Å². The smallest absolute Gasteiger partial charge is 0.227 e. The fourth-order valence-electron chi connectivity index (χ4n) is 3.90. The molecule has 1 aromatic carbocycles. The third-order valence-electron chi connectivity index (χ3n) is 5.08. The monoisotopic (exact) mass is 297 g/mol. The van der Waals surface area contributed by atoms with Crippen molar-refractivity contribution in [3.8, 4) is 6.07 Å². The van der Waals surface area contributed by atoms with Crippen LogP contribution >= 0.6 is 0 Å². The molecule has 0 spiro atoms. The van der Waals surface area contributed by atoms with Gasteiger partial charge in [0.1, 0.15) is 0 Å². The first-order valence-corrected chi connectivity index (χ1v) is 8.18. The number of likely N-dealkylation sites (N-methyl/N-ethyl adjacent to an activating group) is 1. The van der Waals surface area contributed by atoms with Crippen LogP contribution in [0, 0.1) is 11.3 Å². The van der Waals surface area contributed by atoms with Crippen molar-refractivity contribution in [2.75, 3.05) is 20.1 Å². The van der Waals surface area contributed by atoms with Crippen LogP contribution in [0.5, 0.6) is 0 Å². The van der Waals surface area contributed by atoms with E-state index in [-0.39, 0.29) is 5.91 Å². The summed E-state index contributed by atoms with van der Waals surface area (Å²) >= 11 is 0. The Hall–Kier alpha value is -1.86. The molecule has 4 heteroatoms. The van der Waals surface area contributed by atoms with Crippen molar-refractivity contribution in [3.05, 3.63) is 35.4 Å². The minimum Gasteiger partial charge on any atom is -0.338 e. The zero-order valence-corrected chi connectivity index (χ0v) is 13.2. The van der Waals surface area contributed by atoms with Gasteiger partial charge in [-0.2, -0.15) is 5.26 Å². The van der Waals surface area contributed by atoms with Gasteiger partial charge in [0.2, 0.25) is 5.91 Å². The molecule has 2 atom stereocenters. The summed E-state index contributed by atoms with van der Waals surface area (Å²) in [7, 11) is 2.18. The average Bonchev–Trinajstić information content (AvgIpc) is 3.16. The fraction of sp³-hybridized carbons (Fsp3) is 0.556. The molecule has 2 aliphatic rings. The lowest BCUT2D eigenvalue weighted by molar-refractivity contribution is -0.132. The van der Waals surface area contributed by atoms with E-state index in [1.807, 2.05) is 12.1 Å². The molecule has 0 radical (unpaired) electrons. The van der Waals surface area contributed by atoms with Crippen LogP contribution in [-0.4, -0.2) is 47.9 Å². The van der Waals surface area contributed by atoms with Gasteiger partial charge in [-0.3, -0.25) is 4.79 Å². The second kappa shape index (κ2) is 6.50. The Balaban J connectivity index is 1.66. The highest BCUT2D eigenvalue weighted by Crippen LogP contribution is 2.29. The highest BCUT2D eigenvalue weighted by molar-refractivity contribution is 5.79. The van der Waals surface area contributed by atoms with Crippen LogP contribution in [0.1, 0.15) is 36.8 Å². The number of likely N-dealkylation sites (tertiary alicyclic amines) is 2. The molecule has 0 saturated carbocycles. The van der Waals surface area contributed by atoms with Crippen molar-refractivity contribution in [3.63, 3.8) is 0 Å². The number of hydrogen-bond donors (Lipinski definition) is 0. The molecule has 1 aromatic rings. The van der Waals surface area contributed by atoms with Crippen LogP contribution < -0.4 is 0 Å². The minimum atomic E-state index is 0.229. The summed E-state index contributed by atoms with van der Waals surface area (Å²) in [6.45, 7) is 2.04. The second-order valence-corrected chi connectivity index (χ2v) is 6.47. The number of benzene rings is 1. The first-order valence-electron chi connectivity index (χ1n) is 8.18. The van der Waals surface area contributed by atoms with Crippen molar-refractivity contribution >= 4 is 5.91 Å². The Morgan fingerprint density at radius 3 is 2.50 bits per heavy atom. The Morgan fingerprint density at radius 1 is 1.18 bits per heavy atom. The summed E-state index contributed by atoms with van der Waals surface area (Å²) in [4.78, 5) is 17.2. The van der Waals surface area contributed by atoms with E-state index < -0.39 is 0 Å². The van der Waals surface area contributed by atoms with Crippen molar-refractivity contribution in [2.45, 2.75) is 44.2 Å². The standard InChI is InChI=1S/C18H23N3O/c1-20-10-2-4-16(20)17-5-3-11-21(17)18(22)12-14-6-8-15(13-19)9-7-14/h6-9,16-17H,2-5,10-12H2,1H3. The highest BCUT2D eigenvalue weighted by atomic mass is 16.2. The molecular formula is C18H23N3O. The minimum absolute atomic E-state index is 0.229. The van der Waals surface area contributed by atoms with E-state index in [2.05, 4.69) is 22.9 Å². The molecule has 0 aliphatic carbocycles. The zero-order chi connectivity index (χ0) is 15.5. The number of nitrogens with zero attached hydrogens (tertiary/aromatic N) is 3. The van der Waals surface area contributed by atoms with Gasteiger partial charge in [-0.25, -0.2) is 0 Å². The third-order valence-corrected chi connectivity index (χ3v) is 5.08. The predicted molar refractivity (Wildman–Crippen MR) is 85.2 cm³/mol. The predicted octanol–water partition coefficient (Wildman–Crippen LogP) is 2.19. The van der Waals surface area contributed by atoms with E-state index >= 15 is 0 Å². The molecule has 2 saturated heterocycles. The van der Waals surface area contributed by atoms with Crippen LogP contribution in [0.15, 0.2) is 24.3 Å². The van der Waals surface area contributed by atoms with Gasteiger partial charge in [0, 0.05) is 18.6 Å². The largest absolute Gasteiger partial charge is 0.338 e. The Labute approximate surface area is 132 Å². The maximum atomic E-state index is 12.7. The Kier molecular flexibility index (Phi) is 4.44. The summed E-state index contributed by atoms with van der Waals surface area (Å²) < 4.78 is 0. The lowest BCUT2D eigenvalue weighted by Gasteiger charge is -2.33. The number of carbonyl (C=O) groups excluding carboxylic acids is 1. The average molecular weight is 297 g/mol. The molecular weight excluding hydrogens is 274 g/mol. The first-order chi connectivity index (χ1) is 10.7. The maximum Gasteiger partial charge on any atom is 0.227 e. The summed E-state index contributed by atoms with van der Waals surface area (Å²) in [5.74, 6) is 0.229. The van der Waals surface area contributed by atoms with Crippen LogP contribution in [-0.2, 0) is 11.2 Å². The lowest BCUT2D eigenvalue weighted by atomic mass is 10.0. The lowest BCUT2D eigenvalue weighted by Crippen LogP contribution is -2.47. The molecule has 4 nitrogen and oxygen atoms in total. The van der Waals surface area contributed by atoms with Crippen LogP contribution in [0.3, 0.4) is 0 Å². The van der Waals surface area contributed by atoms with E-state index in [4.69, 9.17) is 5.26 Å². The maximum absolute atomic E-state index is 12.7. The van der Waals surface area contributed by atoms with E-state index in [0.29, 0.717) is 24.1 Å². The van der Waals surface area contributed by atoms with Crippen LogP contribution in [0.2, 0.25) is 0 Å². The molecule has 2 aliphatic heterocycles. The Morgan fingerprint density at radius 2 is 1.86 bits per heavy atom. The molecule has 2 fully saturated rings. The van der Waals surface area contributed by atoms with Gasteiger partial charge in [0.15, 0.2) is 0 Å². The number of carbonyl (C=O) groups is 1. The number of amides is 1.